The predicted octanol–water partition coefficient (Wildman–Crippen LogP) is 3.13. The van der Waals surface area contributed by atoms with Gasteiger partial charge in [0.05, 0.1) is 0 Å². The van der Waals surface area contributed by atoms with E-state index < -0.39 is 0 Å². The number of hydrogen-bond acceptors (Lipinski definition) is 3. The molecule has 0 spiro atoms. The number of fused-ring (bicyclic) bond motifs is 1. The van der Waals surface area contributed by atoms with E-state index in [0.29, 0.717) is 6.04 Å². The maximum absolute atomic E-state index is 4.13. The molecule has 0 bridgehead atoms. The number of aromatic nitrogens is 2. The Labute approximate surface area is 114 Å². The second-order valence-electron chi connectivity index (χ2n) is 5.05. The zero-order valence-electron chi connectivity index (χ0n) is 11.3. The van der Waals surface area contributed by atoms with Crippen LogP contribution >= 0.6 is 0 Å². The lowest BCUT2D eigenvalue weighted by atomic mass is 9.98. The van der Waals surface area contributed by atoms with Crippen LogP contribution in [0.5, 0.6) is 0 Å². The van der Waals surface area contributed by atoms with Gasteiger partial charge in [0.1, 0.15) is 6.33 Å². The number of nitrogens with one attached hydrogen (secondary N) is 1. The van der Waals surface area contributed by atoms with Gasteiger partial charge in [0.2, 0.25) is 0 Å². The van der Waals surface area contributed by atoms with Crippen molar-refractivity contribution >= 4 is 0 Å². The monoisotopic (exact) mass is 253 g/mol. The van der Waals surface area contributed by atoms with E-state index >= 15 is 0 Å². The van der Waals surface area contributed by atoms with E-state index in [9.17, 15) is 0 Å². The fraction of sp³-hybridized carbons (Fsp3) is 0.375. The van der Waals surface area contributed by atoms with Crippen LogP contribution in [-0.2, 0) is 6.42 Å². The van der Waals surface area contributed by atoms with E-state index in [1.807, 2.05) is 12.4 Å². The van der Waals surface area contributed by atoms with E-state index in [0.717, 1.165) is 18.5 Å². The Balaban J connectivity index is 1.95. The summed E-state index contributed by atoms with van der Waals surface area (Å²) in [5.74, 6) is 0. The van der Waals surface area contributed by atoms with Crippen molar-refractivity contribution in [3.63, 3.8) is 0 Å². The average molecular weight is 253 g/mol. The highest BCUT2D eigenvalue weighted by molar-refractivity contribution is 5.68. The number of benzene rings is 1. The van der Waals surface area contributed by atoms with Crippen molar-refractivity contribution in [1.29, 1.82) is 0 Å². The molecule has 1 aromatic heterocycles. The van der Waals surface area contributed by atoms with Crippen molar-refractivity contribution in [3.05, 3.63) is 48.0 Å². The van der Waals surface area contributed by atoms with Crippen LogP contribution < -0.4 is 5.32 Å². The molecule has 0 fully saturated rings. The zero-order valence-corrected chi connectivity index (χ0v) is 11.3. The molecule has 1 atom stereocenters. The third kappa shape index (κ3) is 2.38. The average Bonchev–Trinajstić information content (AvgIpc) is 2.89. The Morgan fingerprint density at radius 1 is 1.26 bits per heavy atom. The predicted molar refractivity (Wildman–Crippen MR) is 76.8 cm³/mol. The minimum absolute atomic E-state index is 0.513. The Hall–Kier alpha value is -1.74. The second kappa shape index (κ2) is 5.49. The number of hydrogen-bond donors (Lipinski definition) is 1. The lowest BCUT2D eigenvalue weighted by Crippen LogP contribution is -2.19. The molecule has 0 radical (unpaired) electrons. The maximum atomic E-state index is 4.13. The molecule has 0 saturated heterocycles. The highest BCUT2D eigenvalue weighted by atomic mass is 14.9. The molecule has 3 heteroatoms. The van der Waals surface area contributed by atoms with Crippen LogP contribution in [0.25, 0.3) is 11.1 Å². The molecule has 98 valence electrons. The minimum atomic E-state index is 0.513. The summed E-state index contributed by atoms with van der Waals surface area (Å²) in [5.41, 5.74) is 5.33. The molecule has 1 heterocycles. The van der Waals surface area contributed by atoms with E-state index in [-0.39, 0.29) is 0 Å². The normalized spacial score (nSPS) is 17.4. The summed E-state index contributed by atoms with van der Waals surface area (Å²) in [6, 6.07) is 7.09. The molecule has 3 rings (SSSR count). The van der Waals surface area contributed by atoms with Crippen LogP contribution in [0, 0.1) is 0 Å². The van der Waals surface area contributed by atoms with E-state index in [1.54, 1.807) is 6.33 Å². The largest absolute Gasteiger partial charge is 0.310 e. The van der Waals surface area contributed by atoms with Gasteiger partial charge >= 0.3 is 0 Å². The van der Waals surface area contributed by atoms with Crippen molar-refractivity contribution in [3.8, 4) is 11.1 Å². The highest BCUT2D eigenvalue weighted by Crippen LogP contribution is 2.37. The topological polar surface area (TPSA) is 37.8 Å². The van der Waals surface area contributed by atoms with Crippen LogP contribution in [0.2, 0.25) is 0 Å². The molecular formula is C16H19N3. The summed E-state index contributed by atoms with van der Waals surface area (Å²) in [4.78, 5) is 8.26. The zero-order chi connectivity index (χ0) is 13.1. The van der Waals surface area contributed by atoms with E-state index in [1.165, 1.54) is 29.5 Å². The first-order chi connectivity index (χ1) is 9.40. The van der Waals surface area contributed by atoms with Crippen molar-refractivity contribution in [2.45, 2.75) is 32.2 Å². The van der Waals surface area contributed by atoms with Crippen LogP contribution in [0.4, 0.5) is 0 Å². The second-order valence-corrected chi connectivity index (χ2v) is 5.05. The lowest BCUT2D eigenvalue weighted by molar-refractivity contribution is 0.529. The van der Waals surface area contributed by atoms with Gasteiger partial charge in [-0.15, -0.1) is 0 Å². The molecule has 2 aromatic rings. The molecule has 1 N–H and O–H groups in total. The summed E-state index contributed by atoms with van der Waals surface area (Å²) >= 11 is 0. The molecule has 1 unspecified atom stereocenters. The van der Waals surface area contributed by atoms with Gasteiger partial charge in [-0.1, -0.05) is 25.1 Å². The van der Waals surface area contributed by atoms with Crippen LogP contribution in [0.1, 0.15) is 36.9 Å². The molecule has 3 nitrogen and oxygen atoms in total. The van der Waals surface area contributed by atoms with Gasteiger partial charge in [0.25, 0.3) is 0 Å². The summed E-state index contributed by atoms with van der Waals surface area (Å²) in [6.07, 6.45) is 8.89. The smallest absolute Gasteiger partial charge is 0.115 e. The Morgan fingerprint density at radius 2 is 2.11 bits per heavy atom. The molecule has 1 aliphatic rings. The van der Waals surface area contributed by atoms with Crippen molar-refractivity contribution < 1.29 is 0 Å². The van der Waals surface area contributed by atoms with E-state index in [4.69, 9.17) is 0 Å². The molecular weight excluding hydrogens is 234 g/mol. The molecule has 1 aliphatic carbocycles. The summed E-state index contributed by atoms with van der Waals surface area (Å²) < 4.78 is 0. The van der Waals surface area contributed by atoms with Gasteiger partial charge in [-0.05, 0) is 42.5 Å². The van der Waals surface area contributed by atoms with Gasteiger partial charge in [0.15, 0.2) is 0 Å². The van der Waals surface area contributed by atoms with Crippen molar-refractivity contribution in [2.24, 2.45) is 0 Å². The summed E-state index contributed by atoms with van der Waals surface area (Å²) in [5, 5.41) is 3.63. The number of nitrogens with zero attached hydrogens (tertiary/aromatic N) is 2. The van der Waals surface area contributed by atoms with Gasteiger partial charge in [-0.3, -0.25) is 0 Å². The van der Waals surface area contributed by atoms with Crippen LogP contribution in [0.3, 0.4) is 0 Å². The molecule has 0 amide bonds. The fourth-order valence-electron chi connectivity index (χ4n) is 2.89. The Bertz CT molecular complexity index is 551. The van der Waals surface area contributed by atoms with Gasteiger partial charge in [-0.25, -0.2) is 9.97 Å². The molecule has 19 heavy (non-hydrogen) atoms. The van der Waals surface area contributed by atoms with Gasteiger partial charge in [0, 0.05) is 24.0 Å². The van der Waals surface area contributed by atoms with Crippen LogP contribution in [0.15, 0.2) is 36.9 Å². The van der Waals surface area contributed by atoms with Gasteiger partial charge in [-0.2, -0.15) is 0 Å². The molecule has 0 aliphatic heterocycles. The first-order valence-electron chi connectivity index (χ1n) is 7.00. The lowest BCUT2D eigenvalue weighted by Gasteiger charge is -2.14. The Morgan fingerprint density at radius 3 is 2.89 bits per heavy atom. The SMILES string of the molecule is CCCNC1CCc2c(-c3cncnc3)cccc21. The summed E-state index contributed by atoms with van der Waals surface area (Å²) in [7, 11) is 0. The quantitative estimate of drug-likeness (QED) is 0.909. The third-order valence-electron chi connectivity index (χ3n) is 3.78. The molecule has 0 saturated carbocycles. The third-order valence-corrected chi connectivity index (χ3v) is 3.78. The van der Waals surface area contributed by atoms with Crippen molar-refractivity contribution in [1.82, 2.24) is 15.3 Å². The van der Waals surface area contributed by atoms with E-state index in [2.05, 4.69) is 40.4 Å². The van der Waals surface area contributed by atoms with Crippen LogP contribution in [-0.4, -0.2) is 16.5 Å². The molecule has 1 aromatic carbocycles. The first-order valence-corrected chi connectivity index (χ1v) is 7.00. The Kier molecular flexibility index (Phi) is 3.56. The van der Waals surface area contributed by atoms with Crippen molar-refractivity contribution in [2.75, 3.05) is 6.54 Å². The highest BCUT2D eigenvalue weighted by Gasteiger charge is 2.24. The maximum Gasteiger partial charge on any atom is 0.115 e. The standard InChI is InChI=1S/C16H19N3/c1-2-8-19-16-7-6-14-13(4-3-5-15(14)16)12-9-17-11-18-10-12/h3-5,9-11,16,19H,2,6-8H2,1H3. The first kappa shape index (κ1) is 12.3. The van der Waals surface area contributed by atoms with Gasteiger partial charge < -0.3 is 5.32 Å². The fourth-order valence-corrected chi connectivity index (χ4v) is 2.89. The number of rotatable bonds is 4. The minimum Gasteiger partial charge on any atom is -0.310 e. The summed E-state index contributed by atoms with van der Waals surface area (Å²) in [6.45, 7) is 3.30.